The van der Waals surface area contributed by atoms with Gasteiger partial charge in [0, 0.05) is 24.3 Å². The van der Waals surface area contributed by atoms with E-state index >= 15 is 0 Å². The number of rotatable bonds is 6. The van der Waals surface area contributed by atoms with Gasteiger partial charge in [-0.25, -0.2) is 0 Å². The summed E-state index contributed by atoms with van der Waals surface area (Å²) in [7, 11) is 0. The molecule has 1 heterocycles. The average molecular weight is 507 g/mol. The maximum absolute atomic E-state index is 12.9. The highest BCUT2D eigenvalue weighted by atomic mass is 79.9. The van der Waals surface area contributed by atoms with Crippen LogP contribution < -0.4 is 10.1 Å². The molecule has 0 unspecified atom stereocenters. The molecule has 0 aromatic heterocycles. The van der Waals surface area contributed by atoms with Crippen LogP contribution in [-0.4, -0.2) is 36.4 Å². The molecule has 3 aromatic rings. The third-order valence-corrected chi connectivity index (χ3v) is 6.30. The summed E-state index contributed by atoms with van der Waals surface area (Å²) in [6.45, 7) is 1.45. The summed E-state index contributed by atoms with van der Waals surface area (Å²) >= 11 is 3.53. The lowest BCUT2D eigenvalue weighted by atomic mass is 10.1. The fourth-order valence-electron chi connectivity index (χ4n) is 3.95. The number of hydrogen-bond donors (Lipinski definition) is 1. The Bertz CT molecular complexity index is 1110. The van der Waals surface area contributed by atoms with Crippen molar-refractivity contribution in [3.8, 4) is 16.9 Å². The summed E-state index contributed by atoms with van der Waals surface area (Å²) in [5.74, 6) is 0.329. The molecular formula is C27H27BrN2O3. The number of nitrogens with one attached hydrogen (secondary N) is 1. The van der Waals surface area contributed by atoms with Crippen molar-refractivity contribution in [1.82, 2.24) is 4.90 Å². The van der Waals surface area contributed by atoms with E-state index in [4.69, 9.17) is 4.74 Å². The van der Waals surface area contributed by atoms with Crippen LogP contribution in [0.2, 0.25) is 0 Å². The molecule has 2 amide bonds. The normalized spacial score (nSPS) is 13.8. The fourth-order valence-corrected chi connectivity index (χ4v) is 4.45. The van der Waals surface area contributed by atoms with E-state index in [9.17, 15) is 9.59 Å². The number of benzene rings is 3. The lowest BCUT2D eigenvalue weighted by Crippen LogP contribution is -2.31. The van der Waals surface area contributed by atoms with Crippen LogP contribution in [0.5, 0.6) is 5.75 Å². The van der Waals surface area contributed by atoms with Gasteiger partial charge in [0.15, 0.2) is 6.61 Å². The minimum atomic E-state index is -0.284. The molecule has 0 saturated carbocycles. The van der Waals surface area contributed by atoms with Gasteiger partial charge in [-0.15, -0.1) is 0 Å². The molecule has 0 spiro atoms. The molecule has 1 aliphatic heterocycles. The third kappa shape index (κ3) is 6.23. The van der Waals surface area contributed by atoms with Crippen LogP contribution in [0.25, 0.3) is 11.1 Å². The minimum absolute atomic E-state index is 0.0201. The molecule has 1 saturated heterocycles. The van der Waals surface area contributed by atoms with Crippen molar-refractivity contribution >= 4 is 33.4 Å². The van der Waals surface area contributed by atoms with Crippen molar-refractivity contribution < 1.29 is 14.3 Å². The lowest BCUT2D eigenvalue weighted by Gasteiger charge is -2.20. The van der Waals surface area contributed by atoms with Gasteiger partial charge < -0.3 is 15.0 Å². The highest BCUT2D eigenvalue weighted by Crippen LogP contribution is 2.30. The van der Waals surface area contributed by atoms with E-state index in [1.807, 2.05) is 53.4 Å². The zero-order valence-electron chi connectivity index (χ0n) is 18.4. The topological polar surface area (TPSA) is 58.6 Å². The van der Waals surface area contributed by atoms with Crippen LogP contribution in [0.1, 0.15) is 36.0 Å². The molecule has 1 fully saturated rings. The van der Waals surface area contributed by atoms with Crippen molar-refractivity contribution in [2.75, 3.05) is 25.0 Å². The number of likely N-dealkylation sites (tertiary alicyclic amines) is 1. The summed E-state index contributed by atoms with van der Waals surface area (Å²) in [4.78, 5) is 27.2. The molecule has 170 valence electrons. The molecule has 1 N–H and O–H groups in total. The first-order valence-corrected chi connectivity index (χ1v) is 12.1. The number of nitrogens with zero attached hydrogens (tertiary/aromatic N) is 1. The van der Waals surface area contributed by atoms with Gasteiger partial charge in [-0.3, -0.25) is 9.59 Å². The maximum Gasteiger partial charge on any atom is 0.262 e. The zero-order chi connectivity index (χ0) is 23.0. The minimum Gasteiger partial charge on any atom is -0.483 e. The van der Waals surface area contributed by atoms with Crippen LogP contribution in [0.4, 0.5) is 5.69 Å². The standard InChI is InChI=1S/C27H27BrN2O3/c28-24-18-21(20-9-4-3-5-10-20)13-14-25(24)33-19-26(31)29-23-12-8-11-22(17-23)27(32)30-15-6-1-2-7-16-30/h3-5,8-14,17-18H,1-2,6-7,15-16,19H2,(H,29,31). The van der Waals surface area contributed by atoms with Gasteiger partial charge >= 0.3 is 0 Å². The molecule has 5 nitrogen and oxygen atoms in total. The van der Waals surface area contributed by atoms with Gasteiger partial charge in [0.25, 0.3) is 11.8 Å². The van der Waals surface area contributed by atoms with Crippen molar-refractivity contribution in [3.05, 3.63) is 82.8 Å². The molecule has 1 aliphatic rings. The van der Waals surface area contributed by atoms with E-state index in [-0.39, 0.29) is 18.4 Å². The summed E-state index contributed by atoms with van der Waals surface area (Å²) < 4.78 is 6.49. The summed E-state index contributed by atoms with van der Waals surface area (Å²) in [5, 5.41) is 2.83. The number of ether oxygens (including phenoxy) is 1. The van der Waals surface area contributed by atoms with Gasteiger partial charge in [0.2, 0.25) is 0 Å². The van der Waals surface area contributed by atoms with Crippen molar-refractivity contribution in [2.24, 2.45) is 0 Å². The average Bonchev–Trinajstić information content (AvgIpc) is 3.13. The van der Waals surface area contributed by atoms with Crippen LogP contribution in [0, 0.1) is 0 Å². The van der Waals surface area contributed by atoms with Crippen LogP contribution >= 0.6 is 15.9 Å². The first-order chi connectivity index (χ1) is 16.1. The molecule has 0 aliphatic carbocycles. The second-order valence-corrected chi connectivity index (χ2v) is 8.99. The highest BCUT2D eigenvalue weighted by molar-refractivity contribution is 9.10. The molecule has 0 atom stereocenters. The highest BCUT2D eigenvalue weighted by Gasteiger charge is 2.18. The van der Waals surface area contributed by atoms with Gasteiger partial charge in [-0.2, -0.15) is 0 Å². The first kappa shape index (κ1) is 23.1. The Kier molecular flexibility index (Phi) is 7.79. The Labute approximate surface area is 202 Å². The van der Waals surface area contributed by atoms with Crippen molar-refractivity contribution in [1.29, 1.82) is 0 Å². The fraction of sp³-hybridized carbons (Fsp3) is 0.259. The predicted molar refractivity (Wildman–Crippen MR) is 135 cm³/mol. The molecule has 6 heteroatoms. The Morgan fingerprint density at radius 1 is 0.848 bits per heavy atom. The third-order valence-electron chi connectivity index (χ3n) is 5.68. The zero-order valence-corrected chi connectivity index (χ0v) is 20.0. The Morgan fingerprint density at radius 2 is 1.61 bits per heavy atom. The van der Waals surface area contributed by atoms with Crippen molar-refractivity contribution in [3.63, 3.8) is 0 Å². The van der Waals surface area contributed by atoms with Gasteiger partial charge in [-0.05, 0) is 70.2 Å². The number of halogens is 1. The quantitative estimate of drug-likeness (QED) is 0.436. The van der Waals surface area contributed by atoms with Gasteiger partial charge in [0.1, 0.15) is 5.75 Å². The molecule has 4 rings (SSSR count). The van der Waals surface area contributed by atoms with E-state index < -0.39 is 0 Å². The van der Waals surface area contributed by atoms with Gasteiger partial charge in [-0.1, -0.05) is 55.3 Å². The second-order valence-electron chi connectivity index (χ2n) is 8.14. The van der Waals surface area contributed by atoms with Crippen LogP contribution in [0.15, 0.2) is 77.3 Å². The van der Waals surface area contributed by atoms with Gasteiger partial charge in [0.05, 0.1) is 4.47 Å². The maximum atomic E-state index is 12.9. The summed E-state index contributed by atoms with van der Waals surface area (Å²) in [6.07, 6.45) is 4.43. The number of hydrogen-bond acceptors (Lipinski definition) is 3. The molecular weight excluding hydrogens is 480 g/mol. The Morgan fingerprint density at radius 3 is 2.33 bits per heavy atom. The largest absolute Gasteiger partial charge is 0.483 e. The van der Waals surface area contributed by atoms with E-state index in [0.717, 1.165) is 41.5 Å². The van der Waals surface area contributed by atoms with E-state index in [1.165, 1.54) is 12.8 Å². The van der Waals surface area contributed by atoms with Crippen LogP contribution in [-0.2, 0) is 4.79 Å². The number of carbonyl (C=O) groups excluding carboxylic acids is 2. The van der Waals surface area contributed by atoms with E-state index in [0.29, 0.717) is 17.0 Å². The number of amides is 2. The number of carbonyl (C=O) groups is 2. The van der Waals surface area contributed by atoms with E-state index in [2.05, 4.69) is 21.2 Å². The van der Waals surface area contributed by atoms with Crippen molar-refractivity contribution in [2.45, 2.75) is 25.7 Å². The first-order valence-electron chi connectivity index (χ1n) is 11.3. The number of anilines is 1. The van der Waals surface area contributed by atoms with E-state index in [1.54, 1.807) is 24.3 Å². The molecule has 33 heavy (non-hydrogen) atoms. The monoisotopic (exact) mass is 506 g/mol. The summed E-state index contributed by atoms with van der Waals surface area (Å²) in [5.41, 5.74) is 3.35. The van der Waals surface area contributed by atoms with Crippen LogP contribution in [0.3, 0.4) is 0 Å². The molecule has 0 radical (unpaired) electrons. The SMILES string of the molecule is O=C(COc1ccc(-c2ccccc2)cc1Br)Nc1cccc(C(=O)N2CCCCCC2)c1. The lowest BCUT2D eigenvalue weighted by molar-refractivity contribution is -0.118. The predicted octanol–water partition coefficient (Wildman–Crippen LogP) is 6.15. The second kappa shape index (κ2) is 11.1. The molecule has 0 bridgehead atoms. The Balaban J connectivity index is 1.34. The summed E-state index contributed by atoms with van der Waals surface area (Å²) in [6, 6.07) is 22.9. The molecule has 3 aromatic carbocycles. The smallest absolute Gasteiger partial charge is 0.262 e. The Hall–Kier alpha value is -3.12.